The molecule has 0 N–H and O–H groups in total. The number of nitrogens with zero attached hydrogens (tertiary/aromatic N) is 1. The standard InChI is InChI=1S/C7H13NO3/c1-3-7(9)5-4-6(2)8(10)11/h6H,3-5H2,1-2H3/t6-/m0/s1. The van der Waals surface area contributed by atoms with E-state index in [-0.39, 0.29) is 10.7 Å². The van der Waals surface area contributed by atoms with Gasteiger partial charge in [-0.25, -0.2) is 0 Å². The van der Waals surface area contributed by atoms with E-state index in [4.69, 9.17) is 0 Å². The first kappa shape index (κ1) is 10.1. The number of ketones is 1. The van der Waals surface area contributed by atoms with Gasteiger partial charge < -0.3 is 0 Å². The fraction of sp³-hybridized carbons (Fsp3) is 0.857. The zero-order chi connectivity index (χ0) is 8.85. The van der Waals surface area contributed by atoms with Gasteiger partial charge in [0.25, 0.3) is 0 Å². The van der Waals surface area contributed by atoms with Gasteiger partial charge in [0.2, 0.25) is 6.04 Å². The molecule has 0 aromatic heterocycles. The van der Waals surface area contributed by atoms with E-state index in [1.54, 1.807) is 6.92 Å². The molecule has 0 saturated carbocycles. The van der Waals surface area contributed by atoms with Crippen LogP contribution < -0.4 is 0 Å². The third-order valence-corrected chi connectivity index (χ3v) is 1.60. The Hall–Kier alpha value is -0.930. The van der Waals surface area contributed by atoms with Gasteiger partial charge in [-0.2, -0.15) is 0 Å². The summed E-state index contributed by atoms with van der Waals surface area (Å²) in [6.45, 7) is 3.28. The van der Waals surface area contributed by atoms with E-state index in [9.17, 15) is 14.9 Å². The van der Waals surface area contributed by atoms with E-state index in [0.717, 1.165) is 0 Å². The predicted molar refractivity (Wildman–Crippen MR) is 41.0 cm³/mol. The van der Waals surface area contributed by atoms with Gasteiger partial charge in [-0.15, -0.1) is 0 Å². The lowest BCUT2D eigenvalue weighted by Crippen LogP contribution is -2.16. The summed E-state index contributed by atoms with van der Waals surface area (Å²) in [5.41, 5.74) is 0. The lowest BCUT2D eigenvalue weighted by Gasteiger charge is -2.00. The number of Topliss-reactive ketones (excluding diaryl/α,β-unsaturated/α-hetero) is 1. The van der Waals surface area contributed by atoms with Gasteiger partial charge in [-0.1, -0.05) is 6.92 Å². The quantitative estimate of drug-likeness (QED) is 0.450. The molecule has 1 atom stereocenters. The van der Waals surface area contributed by atoms with Crippen molar-refractivity contribution in [2.45, 2.75) is 39.2 Å². The van der Waals surface area contributed by atoms with Crippen LogP contribution in [0.2, 0.25) is 0 Å². The van der Waals surface area contributed by atoms with E-state index in [2.05, 4.69) is 0 Å². The van der Waals surface area contributed by atoms with E-state index < -0.39 is 6.04 Å². The molecule has 64 valence electrons. The summed E-state index contributed by atoms with van der Waals surface area (Å²) >= 11 is 0. The normalized spacial score (nSPS) is 12.5. The molecule has 0 bridgehead atoms. The van der Waals surface area contributed by atoms with Crippen molar-refractivity contribution in [1.82, 2.24) is 0 Å². The SMILES string of the molecule is CCC(=O)CC[C@H](C)[N+](=O)[O-]. The van der Waals surface area contributed by atoms with Crippen LogP contribution in [0.25, 0.3) is 0 Å². The maximum absolute atomic E-state index is 10.7. The minimum absolute atomic E-state index is 0.0960. The topological polar surface area (TPSA) is 60.2 Å². The molecule has 0 rings (SSSR count). The van der Waals surface area contributed by atoms with Crippen molar-refractivity contribution in [3.05, 3.63) is 10.1 Å². The van der Waals surface area contributed by atoms with Crippen molar-refractivity contribution in [3.8, 4) is 0 Å². The van der Waals surface area contributed by atoms with Crippen LogP contribution in [0.4, 0.5) is 0 Å². The van der Waals surface area contributed by atoms with Gasteiger partial charge in [-0.05, 0) is 0 Å². The second-order valence-electron chi connectivity index (χ2n) is 2.57. The number of rotatable bonds is 5. The lowest BCUT2D eigenvalue weighted by atomic mass is 10.1. The molecule has 4 heteroatoms. The number of nitro groups is 1. The summed E-state index contributed by atoms with van der Waals surface area (Å²) in [5.74, 6) is 0.0960. The van der Waals surface area contributed by atoms with E-state index in [1.165, 1.54) is 6.92 Å². The van der Waals surface area contributed by atoms with Crippen LogP contribution in [0.1, 0.15) is 33.1 Å². The van der Waals surface area contributed by atoms with Crippen molar-refractivity contribution in [2.24, 2.45) is 0 Å². The molecule has 0 unspecified atom stereocenters. The zero-order valence-electron chi connectivity index (χ0n) is 6.87. The fourth-order valence-corrected chi connectivity index (χ4v) is 0.652. The van der Waals surface area contributed by atoms with Gasteiger partial charge in [0.15, 0.2) is 0 Å². The van der Waals surface area contributed by atoms with Crippen LogP contribution in [0, 0.1) is 10.1 Å². The average Bonchev–Trinajstić information content (AvgIpc) is 1.99. The van der Waals surface area contributed by atoms with Crippen LogP contribution in [0.15, 0.2) is 0 Å². The average molecular weight is 159 g/mol. The highest BCUT2D eigenvalue weighted by Crippen LogP contribution is 2.01. The Morgan fingerprint density at radius 3 is 2.55 bits per heavy atom. The summed E-state index contributed by atoms with van der Waals surface area (Å²) in [6, 6.07) is -0.592. The lowest BCUT2D eigenvalue weighted by molar-refractivity contribution is -0.518. The van der Waals surface area contributed by atoms with Gasteiger partial charge >= 0.3 is 0 Å². The van der Waals surface area contributed by atoms with Gasteiger partial charge in [0, 0.05) is 31.1 Å². The van der Waals surface area contributed by atoms with E-state index in [0.29, 0.717) is 19.3 Å². The Morgan fingerprint density at radius 1 is 1.64 bits per heavy atom. The Balaban J connectivity index is 3.54. The monoisotopic (exact) mass is 159 g/mol. The molecule has 0 aromatic rings. The molecule has 11 heavy (non-hydrogen) atoms. The first-order valence-electron chi connectivity index (χ1n) is 3.73. The zero-order valence-corrected chi connectivity index (χ0v) is 6.87. The molecular weight excluding hydrogens is 146 g/mol. The van der Waals surface area contributed by atoms with Crippen molar-refractivity contribution in [1.29, 1.82) is 0 Å². The smallest absolute Gasteiger partial charge is 0.210 e. The van der Waals surface area contributed by atoms with Crippen LogP contribution >= 0.6 is 0 Å². The number of carbonyl (C=O) groups is 1. The minimum atomic E-state index is -0.592. The van der Waals surface area contributed by atoms with Crippen molar-refractivity contribution in [2.75, 3.05) is 0 Å². The van der Waals surface area contributed by atoms with Gasteiger partial charge in [0.1, 0.15) is 5.78 Å². The molecule has 0 amide bonds. The highest BCUT2D eigenvalue weighted by molar-refractivity contribution is 5.77. The fourth-order valence-electron chi connectivity index (χ4n) is 0.652. The third kappa shape index (κ3) is 4.47. The van der Waals surface area contributed by atoms with Crippen LogP contribution in [-0.4, -0.2) is 16.7 Å². The van der Waals surface area contributed by atoms with Crippen LogP contribution in [-0.2, 0) is 4.79 Å². The molecule has 0 aliphatic rings. The molecule has 0 fully saturated rings. The first-order valence-corrected chi connectivity index (χ1v) is 3.73. The van der Waals surface area contributed by atoms with Crippen LogP contribution in [0.3, 0.4) is 0 Å². The second-order valence-corrected chi connectivity index (χ2v) is 2.57. The molecule has 0 aliphatic carbocycles. The summed E-state index contributed by atoms with van der Waals surface area (Å²) in [4.78, 5) is 20.5. The molecule has 0 heterocycles. The summed E-state index contributed by atoms with van der Waals surface area (Å²) in [6.07, 6.45) is 1.17. The molecule has 4 nitrogen and oxygen atoms in total. The molecule has 0 aromatic carbocycles. The molecule has 0 saturated heterocycles. The maximum Gasteiger partial charge on any atom is 0.210 e. The molecule has 0 radical (unpaired) electrons. The summed E-state index contributed by atoms with van der Waals surface area (Å²) < 4.78 is 0. The van der Waals surface area contributed by atoms with Crippen LogP contribution in [0.5, 0.6) is 0 Å². The third-order valence-electron chi connectivity index (χ3n) is 1.60. The Morgan fingerprint density at radius 2 is 2.18 bits per heavy atom. The van der Waals surface area contributed by atoms with E-state index >= 15 is 0 Å². The first-order chi connectivity index (χ1) is 5.07. The largest absolute Gasteiger partial charge is 0.300 e. The summed E-state index contributed by atoms with van der Waals surface area (Å²) in [5, 5.41) is 10.1. The number of hydrogen-bond donors (Lipinski definition) is 0. The molecular formula is C7H13NO3. The Kier molecular flexibility index (Phi) is 4.41. The number of hydrogen-bond acceptors (Lipinski definition) is 3. The molecule has 0 spiro atoms. The van der Waals surface area contributed by atoms with Crippen molar-refractivity contribution < 1.29 is 9.72 Å². The Labute approximate surface area is 65.7 Å². The second kappa shape index (κ2) is 4.82. The maximum atomic E-state index is 10.7. The highest BCUT2D eigenvalue weighted by Gasteiger charge is 2.13. The van der Waals surface area contributed by atoms with Crippen molar-refractivity contribution in [3.63, 3.8) is 0 Å². The Bertz CT molecular complexity index is 156. The summed E-state index contributed by atoms with van der Waals surface area (Å²) in [7, 11) is 0. The highest BCUT2D eigenvalue weighted by atomic mass is 16.6. The minimum Gasteiger partial charge on any atom is -0.300 e. The van der Waals surface area contributed by atoms with E-state index in [1.807, 2.05) is 0 Å². The molecule has 0 aliphatic heterocycles. The predicted octanol–water partition coefficient (Wildman–Crippen LogP) is 1.41. The number of carbonyl (C=O) groups excluding carboxylic acids is 1. The van der Waals surface area contributed by atoms with Gasteiger partial charge in [-0.3, -0.25) is 14.9 Å². The van der Waals surface area contributed by atoms with Gasteiger partial charge in [0.05, 0.1) is 0 Å². The van der Waals surface area contributed by atoms with Crippen molar-refractivity contribution >= 4 is 5.78 Å².